The van der Waals surface area contributed by atoms with Gasteiger partial charge in [0.05, 0.1) is 17.8 Å². The largest absolute Gasteiger partial charge is 0.378 e. The van der Waals surface area contributed by atoms with E-state index in [9.17, 15) is 17.6 Å². The van der Waals surface area contributed by atoms with Crippen LogP contribution in [0.1, 0.15) is 5.56 Å². The van der Waals surface area contributed by atoms with Crippen LogP contribution in [0.15, 0.2) is 23.1 Å². The third-order valence-electron chi connectivity index (χ3n) is 2.19. The van der Waals surface area contributed by atoms with Gasteiger partial charge in [-0.25, -0.2) is 8.78 Å². The molecule has 0 aromatic heterocycles. The highest BCUT2D eigenvalue weighted by Crippen LogP contribution is 2.28. The lowest BCUT2D eigenvalue weighted by molar-refractivity contribution is -0.117. The van der Waals surface area contributed by atoms with Crippen LogP contribution in [0.25, 0.3) is 0 Å². The second-order valence-corrected chi connectivity index (χ2v) is 4.26. The second kappa shape index (κ2) is 5.96. The van der Waals surface area contributed by atoms with Gasteiger partial charge in [0.15, 0.2) is 0 Å². The maximum Gasteiger partial charge on any atom is 0.324 e. The van der Waals surface area contributed by atoms with Crippen molar-refractivity contribution in [2.75, 3.05) is 18.1 Å². The van der Waals surface area contributed by atoms with Crippen LogP contribution in [0.4, 0.5) is 23.2 Å². The molecule has 0 aliphatic heterocycles. The lowest BCUT2D eigenvalue weighted by Gasteiger charge is -2.17. The molecule has 1 aromatic carbocycles. The van der Waals surface area contributed by atoms with Gasteiger partial charge in [0.25, 0.3) is 0 Å². The highest BCUT2D eigenvalue weighted by Gasteiger charge is 2.40. The second-order valence-electron chi connectivity index (χ2n) is 3.41. The van der Waals surface area contributed by atoms with Gasteiger partial charge in [-0.3, -0.25) is 0 Å². The van der Waals surface area contributed by atoms with Crippen molar-refractivity contribution in [2.24, 2.45) is 0 Å². The van der Waals surface area contributed by atoms with E-state index in [0.29, 0.717) is 4.90 Å². The minimum atomic E-state index is -4.12. The molecule has 0 unspecified atom stereocenters. The van der Waals surface area contributed by atoms with Crippen molar-refractivity contribution in [1.29, 1.82) is 5.26 Å². The van der Waals surface area contributed by atoms with Gasteiger partial charge in [-0.2, -0.15) is 14.0 Å². The Morgan fingerprint density at radius 1 is 1.44 bits per heavy atom. The predicted octanol–water partition coefficient (Wildman–Crippen LogP) is 3.59. The molecule has 0 aliphatic rings. The Morgan fingerprint density at radius 3 is 2.61 bits per heavy atom. The van der Waals surface area contributed by atoms with Crippen molar-refractivity contribution in [3.8, 4) is 6.07 Å². The average Bonchev–Trinajstić information content (AvgIpc) is 2.35. The number of benzene rings is 1. The molecule has 1 N–H and O–H groups in total. The maximum atomic E-state index is 12.7. The van der Waals surface area contributed by atoms with E-state index in [2.05, 4.69) is 5.32 Å². The number of halogens is 4. The highest BCUT2D eigenvalue weighted by atomic mass is 32.2. The standard InChI is InChI=1S/C11H10F4N2S/c1-18-9-4-2-3-8(7(9)5-16)17-6-11(14,15)10(12)13/h2-4,10,17H,6H2,1H3. The molecule has 0 saturated heterocycles. The van der Waals surface area contributed by atoms with Gasteiger partial charge in [0.1, 0.15) is 6.07 Å². The summed E-state index contributed by atoms with van der Waals surface area (Å²) >= 11 is 1.28. The van der Waals surface area contributed by atoms with E-state index in [1.165, 1.54) is 17.8 Å². The summed E-state index contributed by atoms with van der Waals surface area (Å²) in [6.45, 7) is -1.21. The number of nitrogens with one attached hydrogen (secondary N) is 1. The van der Waals surface area contributed by atoms with Crippen LogP contribution in [0.3, 0.4) is 0 Å². The Morgan fingerprint density at radius 2 is 2.11 bits per heavy atom. The lowest BCUT2D eigenvalue weighted by Crippen LogP contribution is -2.35. The topological polar surface area (TPSA) is 35.8 Å². The molecule has 7 heteroatoms. The van der Waals surface area contributed by atoms with Crippen LogP contribution in [0.2, 0.25) is 0 Å². The van der Waals surface area contributed by atoms with Crippen molar-refractivity contribution >= 4 is 17.4 Å². The summed E-state index contributed by atoms with van der Waals surface area (Å²) in [5.41, 5.74) is 0.305. The Labute approximate surface area is 106 Å². The van der Waals surface area contributed by atoms with Crippen molar-refractivity contribution in [2.45, 2.75) is 17.2 Å². The SMILES string of the molecule is CSc1cccc(NCC(F)(F)C(F)F)c1C#N. The third kappa shape index (κ3) is 3.29. The van der Waals surface area contributed by atoms with Crippen LogP contribution in [0.5, 0.6) is 0 Å². The molecule has 0 atom stereocenters. The predicted molar refractivity (Wildman–Crippen MR) is 62.4 cm³/mol. The zero-order valence-electron chi connectivity index (χ0n) is 9.38. The summed E-state index contributed by atoms with van der Waals surface area (Å²) < 4.78 is 49.5. The molecule has 0 radical (unpaired) electrons. The summed E-state index contributed by atoms with van der Waals surface area (Å²) in [7, 11) is 0. The number of hydrogen-bond acceptors (Lipinski definition) is 3. The van der Waals surface area contributed by atoms with Crippen LogP contribution in [0, 0.1) is 11.3 Å². The summed E-state index contributed by atoms with van der Waals surface area (Å²) in [5.74, 6) is -4.12. The highest BCUT2D eigenvalue weighted by molar-refractivity contribution is 7.98. The molecule has 0 bridgehead atoms. The fourth-order valence-corrected chi connectivity index (χ4v) is 1.83. The number of alkyl halides is 4. The maximum absolute atomic E-state index is 12.7. The van der Waals surface area contributed by atoms with E-state index in [1.807, 2.05) is 6.07 Å². The molecule has 0 heterocycles. The lowest BCUT2D eigenvalue weighted by atomic mass is 10.2. The molecule has 0 fully saturated rings. The van der Waals surface area contributed by atoms with E-state index >= 15 is 0 Å². The quantitative estimate of drug-likeness (QED) is 0.660. The molecule has 0 aliphatic carbocycles. The number of nitriles is 1. The van der Waals surface area contributed by atoms with E-state index in [1.54, 1.807) is 18.4 Å². The van der Waals surface area contributed by atoms with Gasteiger partial charge in [0.2, 0.25) is 0 Å². The van der Waals surface area contributed by atoms with Crippen LogP contribution >= 0.6 is 11.8 Å². The van der Waals surface area contributed by atoms with Gasteiger partial charge in [-0.1, -0.05) is 6.07 Å². The number of nitrogens with zero attached hydrogens (tertiary/aromatic N) is 1. The number of anilines is 1. The van der Waals surface area contributed by atoms with Gasteiger partial charge >= 0.3 is 12.3 Å². The monoisotopic (exact) mass is 278 g/mol. The smallest absolute Gasteiger partial charge is 0.324 e. The molecule has 0 saturated carbocycles. The first-order valence-electron chi connectivity index (χ1n) is 4.89. The van der Waals surface area contributed by atoms with Crippen LogP contribution < -0.4 is 5.32 Å². The number of hydrogen-bond donors (Lipinski definition) is 1. The Hall–Kier alpha value is -1.42. The number of thioether (sulfide) groups is 1. The Kier molecular flexibility index (Phi) is 4.84. The van der Waals surface area contributed by atoms with E-state index in [0.717, 1.165) is 0 Å². The number of rotatable bonds is 5. The average molecular weight is 278 g/mol. The first kappa shape index (κ1) is 14.6. The van der Waals surface area contributed by atoms with Gasteiger partial charge in [0, 0.05) is 4.90 Å². The van der Waals surface area contributed by atoms with Gasteiger partial charge in [-0.05, 0) is 18.4 Å². The van der Waals surface area contributed by atoms with Gasteiger partial charge in [-0.15, -0.1) is 11.8 Å². The molecule has 2 nitrogen and oxygen atoms in total. The van der Waals surface area contributed by atoms with E-state index in [-0.39, 0.29) is 11.3 Å². The molecule has 1 rings (SSSR count). The molecule has 0 amide bonds. The summed E-state index contributed by atoms with van der Waals surface area (Å²) in [6.07, 6.45) is -2.01. The zero-order chi connectivity index (χ0) is 13.8. The molecular formula is C11H10F4N2S. The minimum absolute atomic E-state index is 0.129. The molecule has 1 aromatic rings. The fraction of sp³-hybridized carbons (Fsp3) is 0.364. The van der Waals surface area contributed by atoms with Gasteiger partial charge < -0.3 is 5.32 Å². The Balaban J connectivity index is 2.90. The Bertz CT molecular complexity index is 457. The summed E-state index contributed by atoms with van der Waals surface area (Å²) in [5, 5.41) is 11.1. The zero-order valence-corrected chi connectivity index (χ0v) is 10.2. The first-order valence-corrected chi connectivity index (χ1v) is 6.11. The summed E-state index contributed by atoms with van der Waals surface area (Å²) in [4.78, 5) is 0.600. The van der Waals surface area contributed by atoms with Crippen LogP contribution in [-0.4, -0.2) is 25.1 Å². The minimum Gasteiger partial charge on any atom is -0.378 e. The first-order chi connectivity index (χ1) is 8.42. The molecule has 98 valence electrons. The van der Waals surface area contributed by atoms with Crippen molar-refractivity contribution in [3.63, 3.8) is 0 Å². The third-order valence-corrected chi connectivity index (χ3v) is 2.97. The van der Waals surface area contributed by atoms with Crippen LogP contribution in [-0.2, 0) is 0 Å². The van der Waals surface area contributed by atoms with Crippen molar-refractivity contribution < 1.29 is 17.6 Å². The molecular weight excluding hydrogens is 268 g/mol. The molecule has 0 spiro atoms. The molecule has 18 heavy (non-hydrogen) atoms. The van der Waals surface area contributed by atoms with Crippen molar-refractivity contribution in [3.05, 3.63) is 23.8 Å². The summed E-state index contributed by atoms with van der Waals surface area (Å²) in [6, 6.07) is 6.48. The van der Waals surface area contributed by atoms with Crippen molar-refractivity contribution in [1.82, 2.24) is 0 Å². The van der Waals surface area contributed by atoms with E-state index in [4.69, 9.17) is 5.26 Å². The normalized spacial score (nSPS) is 11.4. The van der Waals surface area contributed by atoms with E-state index < -0.39 is 18.9 Å². The fourth-order valence-electron chi connectivity index (χ4n) is 1.25.